The first kappa shape index (κ1) is 10.0. The Morgan fingerprint density at radius 3 is 2.46 bits per heavy atom. The van der Waals surface area contributed by atoms with Gasteiger partial charge in [-0.15, -0.1) is 6.58 Å². The minimum Gasteiger partial charge on any atom is -0.313 e. The van der Waals surface area contributed by atoms with Crippen molar-refractivity contribution in [3.8, 4) is 0 Å². The van der Waals surface area contributed by atoms with Gasteiger partial charge in [0.05, 0.1) is 0 Å². The average molecular weight is 175 g/mol. The zero-order valence-corrected chi connectivity index (χ0v) is 8.38. The second-order valence-corrected chi connectivity index (χ2v) is 3.41. The number of hydrogen-bond donors (Lipinski definition) is 1. The van der Waals surface area contributed by atoms with Gasteiger partial charge in [-0.1, -0.05) is 35.9 Å². The van der Waals surface area contributed by atoms with Gasteiger partial charge in [0.15, 0.2) is 0 Å². The van der Waals surface area contributed by atoms with Crippen LogP contribution in [0.1, 0.15) is 24.9 Å². The van der Waals surface area contributed by atoms with Gasteiger partial charge in [0.1, 0.15) is 0 Å². The third-order valence-electron chi connectivity index (χ3n) is 2.10. The third-order valence-corrected chi connectivity index (χ3v) is 2.10. The molecule has 0 radical (unpaired) electrons. The lowest BCUT2D eigenvalue weighted by Gasteiger charge is -2.16. The van der Waals surface area contributed by atoms with Crippen molar-refractivity contribution in [2.45, 2.75) is 19.4 Å². The molecule has 0 saturated carbocycles. The molecule has 1 nitrogen and oxygen atoms in total. The maximum Gasteiger partial charge on any atom is 0.0354 e. The Labute approximate surface area is 80.5 Å². The maximum atomic E-state index is 3.93. The second kappa shape index (κ2) is 4.83. The predicted molar refractivity (Wildman–Crippen MR) is 57.7 cm³/mol. The van der Waals surface area contributed by atoms with Crippen LogP contribution in [0.5, 0.6) is 0 Å². The van der Waals surface area contributed by atoms with Crippen LogP contribution >= 0.6 is 0 Å². The van der Waals surface area contributed by atoms with Gasteiger partial charge in [-0.2, -0.15) is 0 Å². The molecule has 1 atom stereocenters. The molecular formula is C12H17N. The molecular weight excluding hydrogens is 158 g/mol. The topological polar surface area (TPSA) is 12.0 Å². The van der Waals surface area contributed by atoms with Crippen LogP contribution in [0.4, 0.5) is 0 Å². The van der Waals surface area contributed by atoms with Crippen molar-refractivity contribution >= 4 is 0 Å². The summed E-state index contributed by atoms with van der Waals surface area (Å²) in [6, 6.07) is 10.9. The fourth-order valence-corrected chi connectivity index (χ4v) is 1.42. The molecule has 1 N–H and O–H groups in total. The summed E-state index contributed by atoms with van der Waals surface area (Å²) in [6.45, 7) is 5.99. The van der Waals surface area contributed by atoms with E-state index in [2.05, 4.69) is 43.1 Å². The minimum absolute atomic E-state index is 0.402. The van der Waals surface area contributed by atoms with Crippen molar-refractivity contribution < 1.29 is 0 Å². The summed E-state index contributed by atoms with van der Waals surface area (Å²) in [6.07, 6.45) is 1.00. The van der Waals surface area contributed by atoms with Gasteiger partial charge in [0, 0.05) is 6.04 Å². The van der Waals surface area contributed by atoms with Crippen LogP contribution in [0.3, 0.4) is 0 Å². The zero-order chi connectivity index (χ0) is 9.68. The van der Waals surface area contributed by atoms with E-state index in [1.807, 2.05) is 13.1 Å². The fourth-order valence-electron chi connectivity index (χ4n) is 1.42. The van der Waals surface area contributed by atoms with E-state index in [0.717, 1.165) is 6.42 Å². The number of hydrogen-bond acceptors (Lipinski definition) is 1. The SMILES string of the molecule is C=C(C)CC(NC)c1ccccc1. The minimum atomic E-state index is 0.402. The lowest BCUT2D eigenvalue weighted by atomic mass is 10.0. The van der Waals surface area contributed by atoms with Gasteiger partial charge < -0.3 is 5.32 Å². The summed E-state index contributed by atoms with van der Waals surface area (Å²) in [7, 11) is 1.99. The van der Waals surface area contributed by atoms with Gasteiger partial charge >= 0.3 is 0 Å². The third kappa shape index (κ3) is 3.03. The number of rotatable bonds is 4. The highest BCUT2D eigenvalue weighted by Gasteiger charge is 2.07. The Kier molecular flexibility index (Phi) is 3.71. The molecule has 70 valence electrons. The zero-order valence-electron chi connectivity index (χ0n) is 8.38. The molecule has 13 heavy (non-hydrogen) atoms. The van der Waals surface area contributed by atoms with Crippen LogP contribution in [-0.4, -0.2) is 7.05 Å². The summed E-state index contributed by atoms with van der Waals surface area (Å²) in [5, 5.41) is 3.29. The molecule has 0 aliphatic heterocycles. The Bertz CT molecular complexity index is 264. The summed E-state index contributed by atoms with van der Waals surface area (Å²) in [4.78, 5) is 0. The lowest BCUT2D eigenvalue weighted by molar-refractivity contribution is 0.590. The molecule has 1 rings (SSSR count). The highest BCUT2D eigenvalue weighted by molar-refractivity contribution is 5.20. The molecule has 0 aliphatic carbocycles. The van der Waals surface area contributed by atoms with E-state index in [1.165, 1.54) is 11.1 Å². The first-order valence-corrected chi connectivity index (χ1v) is 4.60. The Hall–Kier alpha value is -1.08. The van der Waals surface area contributed by atoms with Crippen molar-refractivity contribution in [2.75, 3.05) is 7.05 Å². The van der Waals surface area contributed by atoms with Crippen LogP contribution < -0.4 is 5.32 Å². The Morgan fingerprint density at radius 1 is 1.38 bits per heavy atom. The van der Waals surface area contributed by atoms with Gasteiger partial charge in [-0.3, -0.25) is 0 Å². The van der Waals surface area contributed by atoms with Crippen LogP contribution in [0.15, 0.2) is 42.5 Å². The monoisotopic (exact) mass is 175 g/mol. The van der Waals surface area contributed by atoms with E-state index in [0.29, 0.717) is 6.04 Å². The van der Waals surface area contributed by atoms with Gasteiger partial charge in [0.25, 0.3) is 0 Å². The number of nitrogens with one attached hydrogen (secondary N) is 1. The molecule has 0 fully saturated rings. The molecule has 1 aromatic carbocycles. The second-order valence-electron chi connectivity index (χ2n) is 3.41. The molecule has 1 unspecified atom stereocenters. The lowest BCUT2D eigenvalue weighted by Crippen LogP contribution is -2.16. The predicted octanol–water partition coefficient (Wildman–Crippen LogP) is 2.91. The van der Waals surface area contributed by atoms with E-state index in [1.54, 1.807) is 0 Å². The van der Waals surface area contributed by atoms with Crippen molar-refractivity contribution in [1.82, 2.24) is 5.32 Å². The standard InChI is InChI=1S/C12H17N/c1-10(2)9-12(13-3)11-7-5-4-6-8-11/h4-8,12-13H,1,9H2,2-3H3. The number of benzene rings is 1. The van der Waals surface area contributed by atoms with E-state index < -0.39 is 0 Å². The highest BCUT2D eigenvalue weighted by atomic mass is 14.9. The molecule has 0 heterocycles. The first-order chi connectivity index (χ1) is 6.24. The Morgan fingerprint density at radius 2 is 2.00 bits per heavy atom. The van der Waals surface area contributed by atoms with Crippen molar-refractivity contribution in [3.05, 3.63) is 48.0 Å². The van der Waals surface area contributed by atoms with Gasteiger partial charge in [-0.05, 0) is 26.0 Å². The molecule has 0 bridgehead atoms. The molecule has 0 amide bonds. The summed E-state index contributed by atoms with van der Waals surface area (Å²) in [5.41, 5.74) is 2.54. The van der Waals surface area contributed by atoms with Crippen LogP contribution in [0.25, 0.3) is 0 Å². The van der Waals surface area contributed by atoms with E-state index in [4.69, 9.17) is 0 Å². The summed E-state index contributed by atoms with van der Waals surface area (Å²) < 4.78 is 0. The van der Waals surface area contributed by atoms with Crippen LogP contribution in [-0.2, 0) is 0 Å². The fraction of sp³-hybridized carbons (Fsp3) is 0.333. The molecule has 0 saturated heterocycles. The Balaban J connectivity index is 2.73. The molecule has 0 aliphatic rings. The van der Waals surface area contributed by atoms with Crippen LogP contribution in [0.2, 0.25) is 0 Å². The summed E-state index contributed by atoms with van der Waals surface area (Å²) >= 11 is 0. The van der Waals surface area contributed by atoms with E-state index in [-0.39, 0.29) is 0 Å². The van der Waals surface area contributed by atoms with Gasteiger partial charge in [-0.25, -0.2) is 0 Å². The normalized spacial score (nSPS) is 12.5. The van der Waals surface area contributed by atoms with Crippen molar-refractivity contribution in [3.63, 3.8) is 0 Å². The average Bonchev–Trinajstić information content (AvgIpc) is 2.15. The first-order valence-electron chi connectivity index (χ1n) is 4.60. The molecule has 1 heteroatoms. The quantitative estimate of drug-likeness (QED) is 0.694. The molecule has 0 aromatic heterocycles. The smallest absolute Gasteiger partial charge is 0.0354 e. The summed E-state index contributed by atoms with van der Waals surface area (Å²) in [5.74, 6) is 0. The van der Waals surface area contributed by atoms with E-state index >= 15 is 0 Å². The van der Waals surface area contributed by atoms with Crippen LogP contribution in [0, 0.1) is 0 Å². The molecule has 0 spiro atoms. The van der Waals surface area contributed by atoms with E-state index in [9.17, 15) is 0 Å². The van der Waals surface area contributed by atoms with Crippen molar-refractivity contribution in [2.24, 2.45) is 0 Å². The van der Waals surface area contributed by atoms with Crippen molar-refractivity contribution in [1.29, 1.82) is 0 Å². The largest absolute Gasteiger partial charge is 0.313 e. The highest BCUT2D eigenvalue weighted by Crippen LogP contribution is 2.18. The molecule has 1 aromatic rings. The van der Waals surface area contributed by atoms with Gasteiger partial charge in [0.2, 0.25) is 0 Å². The maximum absolute atomic E-state index is 3.93.